The van der Waals surface area contributed by atoms with Crippen LogP contribution in [-0.4, -0.2) is 31.9 Å². The Hall–Kier alpha value is -3.59. The number of amides is 1. The molecule has 1 amide bonds. The maximum Gasteiger partial charge on any atom is 0.254 e. The molecule has 0 aliphatic carbocycles. The average molecular weight is 553 g/mol. The van der Waals surface area contributed by atoms with E-state index in [0.717, 1.165) is 40.9 Å². The number of nitrogens with two attached hydrogens (primary N) is 1. The molecule has 3 aromatic rings. The molecule has 0 bridgehead atoms. The number of aryl methyl sites for hydroxylation is 1. The third-order valence-electron chi connectivity index (χ3n) is 6.35. The highest BCUT2D eigenvalue weighted by atomic mass is 35.5. The fourth-order valence-corrected chi connectivity index (χ4v) is 4.85. The predicted molar refractivity (Wildman–Crippen MR) is 149 cm³/mol. The third-order valence-corrected chi connectivity index (χ3v) is 7.01. The standard InChI is InChI=1S/C28H30Cl2N6O2/c1-3-22(29)26(23(30)13-31)28(37)34-14-19-6-4-7-20(12-19)16-36(17-21-15-32-18-35(21)2)24-9-11-38-25-8-5-10-33-27(24)25/h3-8,10,12-13,15,18,24H,1,9,11,14,16-17,31H2,2H3,(H,34,37)/b23-13+,26-22-. The second kappa shape index (κ2) is 12.8. The van der Waals surface area contributed by atoms with Crippen LogP contribution in [0.25, 0.3) is 0 Å². The van der Waals surface area contributed by atoms with Crippen molar-refractivity contribution in [1.29, 1.82) is 0 Å². The highest BCUT2D eigenvalue weighted by Crippen LogP contribution is 2.36. The van der Waals surface area contributed by atoms with Crippen LogP contribution in [0.1, 0.15) is 35.0 Å². The van der Waals surface area contributed by atoms with Gasteiger partial charge in [-0.25, -0.2) is 4.98 Å². The van der Waals surface area contributed by atoms with Crippen LogP contribution < -0.4 is 15.8 Å². The number of imidazole rings is 1. The molecule has 4 rings (SSSR count). The minimum atomic E-state index is -0.435. The van der Waals surface area contributed by atoms with Crippen molar-refractivity contribution in [3.8, 4) is 5.75 Å². The highest BCUT2D eigenvalue weighted by molar-refractivity contribution is 6.40. The fraction of sp³-hybridized carbons (Fsp3) is 0.250. The number of nitrogens with one attached hydrogen (secondary N) is 1. The van der Waals surface area contributed by atoms with Crippen LogP contribution in [-0.2, 0) is 31.5 Å². The number of fused-ring (bicyclic) bond motifs is 1. The van der Waals surface area contributed by atoms with Crippen molar-refractivity contribution in [2.45, 2.75) is 32.1 Å². The van der Waals surface area contributed by atoms with E-state index in [-0.39, 0.29) is 28.2 Å². The van der Waals surface area contributed by atoms with Crippen LogP contribution in [0.15, 0.2) is 89.6 Å². The Labute approximate surface area is 232 Å². The molecule has 0 radical (unpaired) electrons. The Morgan fingerprint density at radius 3 is 2.84 bits per heavy atom. The Bertz CT molecular complexity index is 1370. The Morgan fingerprint density at radius 2 is 2.11 bits per heavy atom. The van der Waals surface area contributed by atoms with Crippen LogP contribution in [0.5, 0.6) is 5.75 Å². The summed E-state index contributed by atoms with van der Waals surface area (Å²) in [5.74, 6) is 0.386. The molecule has 0 saturated carbocycles. The van der Waals surface area contributed by atoms with E-state index < -0.39 is 5.91 Å². The molecule has 198 valence electrons. The maximum absolute atomic E-state index is 12.8. The van der Waals surface area contributed by atoms with Gasteiger partial charge in [0.15, 0.2) is 0 Å². The molecule has 3 N–H and O–H groups in total. The van der Waals surface area contributed by atoms with Gasteiger partial charge in [0.05, 0.1) is 46.0 Å². The molecule has 0 saturated heterocycles. The monoisotopic (exact) mass is 552 g/mol. The van der Waals surface area contributed by atoms with Crippen molar-refractivity contribution in [3.63, 3.8) is 0 Å². The number of carbonyl (C=O) groups excluding carboxylic acids is 1. The molecule has 38 heavy (non-hydrogen) atoms. The van der Waals surface area contributed by atoms with Crippen LogP contribution in [0.3, 0.4) is 0 Å². The van der Waals surface area contributed by atoms with Crippen molar-refractivity contribution in [1.82, 2.24) is 24.8 Å². The number of pyridine rings is 1. The molecular formula is C28H30Cl2N6O2. The molecule has 2 aromatic heterocycles. The number of halogens is 2. The van der Waals surface area contributed by atoms with Crippen molar-refractivity contribution < 1.29 is 9.53 Å². The largest absolute Gasteiger partial charge is 0.492 e. The number of ether oxygens (including phenoxy) is 1. The molecule has 1 aliphatic heterocycles. The second-order valence-electron chi connectivity index (χ2n) is 8.88. The summed E-state index contributed by atoms with van der Waals surface area (Å²) in [4.78, 5) is 24.1. The van der Waals surface area contributed by atoms with Crippen molar-refractivity contribution in [3.05, 3.63) is 112 Å². The van der Waals surface area contributed by atoms with Crippen molar-refractivity contribution in [2.24, 2.45) is 12.8 Å². The lowest BCUT2D eigenvalue weighted by molar-refractivity contribution is -0.117. The summed E-state index contributed by atoms with van der Waals surface area (Å²) >= 11 is 12.2. The van der Waals surface area contributed by atoms with E-state index >= 15 is 0 Å². The van der Waals surface area contributed by atoms with Gasteiger partial charge in [-0.1, -0.05) is 54.0 Å². The fourth-order valence-electron chi connectivity index (χ4n) is 4.43. The Kier molecular flexibility index (Phi) is 9.23. The van der Waals surface area contributed by atoms with Gasteiger partial charge in [-0.3, -0.25) is 14.7 Å². The quantitative estimate of drug-likeness (QED) is 0.280. The number of hydrogen-bond acceptors (Lipinski definition) is 6. The molecule has 1 unspecified atom stereocenters. The molecule has 8 nitrogen and oxygen atoms in total. The van der Waals surface area contributed by atoms with Gasteiger partial charge < -0.3 is 20.4 Å². The van der Waals surface area contributed by atoms with E-state index in [0.29, 0.717) is 19.7 Å². The van der Waals surface area contributed by atoms with Gasteiger partial charge in [-0.15, -0.1) is 0 Å². The zero-order valence-electron chi connectivity index (χ0n) is 21.1. The van der Waals surface area contributed by atoms with Gasteiger partial charge in [-0.05, 0) is 29.3 Å². The van der Waals surface area contributed by atoms with Crippen molar-refractivity contribution >= 4 is 29.1 Å². The van der Waals surface area contributed by atoms with E-state index in [1.807, 2.05) is 42.1 Å². The Balaban J connectivity index is 1.55. The minimum Gasteiger partial charge on any atom is -0.492 e. The van der Waals surface area contributed by atoms with Gasteiger partial charge >= 0.3 is 0 Å². The SMILES string of the molecule is C=C/C(Cl)=C(C(=O)NCc1cccc(CN(Cc2cncn2C)C2CCOc3cccnc32)c1)\C(Cl)=C/N. The van der Waals surface area contributed by atoms with Crippen LogP contribution in [0, 0.1) is 0 Å². The first-order valence-electron chi connectivity index (χ1n) is 12.1. The predicted octanol–water partition coefficient (Wildman–Crippen LogP) is 4.68. The summed E-state index contributed by atoms with van der Waals surface area (Å²) in [6, 6.07) is 12.0. The second-order valence-corrected chi connectivity index (χ2v) is 9.70. The van der Waals surface area contributed by atoms with E-state index in [4.69, 9.17) is 33.7 Å². The topological polar surface area (TPSA) is 98.3 Å². The summed E-state index contributed by atoms with van der Waals surface area (Å²) in [6.07, 6.45) is 8.80. The first-order chi connectivity index (χ1) is 18.4. The lowest BCUT2D eigenvalue weighted by Gasteiger charge is -2.35. The van der Waals surface area contributed by atoms with Crippen molar-refractivity contribution in [2.75, 3.05) is 6.61 Å². The number of nitrogens with zero attached hydrogens (tertiary/aromatic N) is 4. The molecule has 0 spiro atoms. The average Bonchev–Trinajstić information content (AvgIpc) is 3.35. The molecule has 0 fully saturated rings. The maximum atomic E-state index is 12.8. The summed E-state index contributed by atoms with van der Waals surface area (Å²) in [7, 11) is 1.99. The van der Waals surface area contributed by atoms with E-state index in [1.165, 1.54) is 6.08 Å². The molecule has 1 aliphatic rings. The number of hydrogen-bond donors (Lipinski definition) is 2. The van der Waals surface area contributed by atoms with E-state index in [9.17, 15) is 4.79 Å². The molecule has 10 heteroatoms. The summed E-state index contributed by atoms with van der Waals surface area (Å²) in [5, 5.41) is 3.05. The van der Waals surface area contributed by atoms with Gasteiger partial charge in [0, 0.05) is 51.7 Å². The van der Waals surface area contributed by atoms with E-state index in [2.05, 4.69) is 38.9 Å². The molecular weight excluding hydrogens is 523 g/mol. The normalized spacial score (nSPS) is 15.9. The van der Waals surface area contributed by atoms with Crippen LogP contribution in [0.4, 0.5) is 0 Å². The van der Waals surface area contributed by atoms with E-state index in [1.54, 1.807) is 12.5 Å². The smallest absolute Gasteiger partial charge is 0.254 e. The number of rotatable bonds is 10. The minimum absolute atomic E-state index is 0.0531. The summed E-state index contributed by atoms with van der Waals surface area (Å²) < 4.78 is 7.89. The number of carbonyl (C=O) groups is 1. The zero-order valence-corrected chi connectivity index (χ0v) is 22.6. The Morgan fingerprint density at radius 1 is 1.29 bits per heavy atom. The third kappa shape index (κ3) is 6.45. The molecule has 1 aromatic carbocycles. The zero-order chi connectivity index (χ0) is 27.1. The lowest BCUT2D eigenvalue weighted by atomic mass is 10.0. The summed E-state index contributed by atoms with van der Waals surface area (Å²) in [6.45, 7) is 5.88. The molecule has 1 atom stereocenters. The number of benzene rings is 1. The highest BCUT2D eigenvalue weighted by Gasteiger charge is 2.29. The lowest BCUT2D eigenvalue weighted by Crippen LogP contribution is -2.33. The van der Waals surface area contributed by atoms with Gasteiger partial charge in [0.1, 0.15) is 5.75 Å². The van der Waals surface area contributed by atoms with Crippen LogP contribution >= 0.6 is 23.2 Å². The first kappa shape index (κ1) is 27.4. The van der Waals surface area contributed by atoms with Gasteiger partial charge in [-0.2, -0.15) is 0 Å². The summed E-state index contributed by atoms with van der Waals surface area (Å²) in [5.41, 5.74) is 9.65. The van der Waals surface area contributed by atoms with Gasteiger partial charge in [0.2, 0.25) is 0 Å². The van der Waals surface area contributed by atoms with Crippen LogP contribution in [0.2, 0.25) is 0 Å². The number of allylic oxidation sites excluding steroid dienone is 2. The van der Waals surface area contributed by atoms with Gasteiger partial charge in [0.25, 0.3) is 5.91 Å². The molecule has 3 heterocycles. The number of aromatic nitrogens is 3. The first-order valence-corrected chi connectivity index (χ1v) is 12.9.